The van der Waals surface area contributed by atoms with Gasteiger partial charge in [0.15, 0.2) is 9.84 Å². The summed E-state index contributed by atoms with van der Waals surface area (Å²) in [5, 5.41) is 2.50. The van der Waals surface area contributed by atoms with Gasteiger partial charge >= 0.3 is 0 Å². The molecule has 1 fully saturated rings. The van der Waals surface area contributed by atoms with Crippen molar-refractivity contribution in [2.24, 2.45) is 0 Å². The molecule has 1 aliphatic rings. The Labute approximate surface area is 118 Å². The minimum absolute atomic E-state index is 0.148. The van der Waals surface area contributed by atoms with E-state index in [1.807, 2.05) is 0 Å². The van der Waals surface area contributed by atoms with E-state index in [1.165, 1.54) is 13.1 Å². The summed E-state index contributed by atoms with van der Waals surface area (Å²) in [5.74, 6) is 0.708. The predicted molar refractivity (Wildman–Crippen MR) is 73.5 cm³/mol. The monoisotopic (exact) mass is 322 g/mol. The molecule has 1 aliphatic heterocycles. The second-order valence-electron chi connectivity index (χ2n) is 4.69. The molecular weight excluding hydrogens is 304 g/mol. The van der Waals surface area contributed by atoms with Gasteiger partial charge in [0.05, 0.1) is 17.5 Å². The Morgan fingerprint density at radius 1 is 1.40 bits per heavy atom. The molecule has 2 heterocycles. The molecule has 1 aromatic rings. The van der Waals surface area contributed by atoms with Crippen molar-refractivity contribution in [1.29, 1.82) is 0 Å². The summed E-state index contributed by atoms with van der Waals surface area (Å²) >= 11 is 0. The Kier molecular flexibility index (Phi) is 4.52. The number of sulfonamides is 1. The summed E-state index contributed by atoms with van der Waals surface area (Å²) in [6.07, 6.45) is 1.38. The van der Waals surface area contributed by atoms with Crippen molar-refractivity contribution in [3.05, 3.63) is 17.9 Å². The highest BCUT2D eigenvalue weighted by molar-refractivity contribution is 7.92. The molecule has 1 saturated heterocycles. The van der Waals surface area contributed by atoms with Crippen molar-refractivity contribution >= 4 is 19.9 Å². The van der Waals surface area contributed by atoms with Gasteiger partial charge in [0.2, 0.25) is 5.09 Å². The van der Waals surface area contributed by atoms with Crippen LogP contribution in [-0.4, -0.2) is 41.4 Å². The van der Waals surface area contributed by atoms with Gasteiger partial charge in [0.1, 0.15) is 5.76 Å². The van der Waals surface area contributed by atoms with Crippen LogP contribution in [0, 0.1) is 0 Å². The minimum Gasteiger partial charge on any atom is -0.447 e. The van der Waals surface area contributed by atoms with Crippen molar-refractivity contribution in [3.8, 4) is 0 Å². The number of nitrogens with one attached hydrogen (secondary N) is 2. The first-order chi connectivity index (χ1) is 9.35. The zero-order valence-electron chi connectivity index (χ0n) is 11.1. The van der Waals surface area contributed by atoms with Crippen molar-refractivity contribution in [2.45, 2.75) is 29.7 Å². The molecule has 114 valence electrons. The molecule has 0 aliphatic carbocycles. The van der Waals surface area contributed by atoms with E-state index in [2.05, 4.69) is 10.0 Å². The summed E-state index contributed by atoms with van der Waals surface area (Å²) in [7, 11) is -5.23. The van der Waals surface area contributed by atoms with Gasteiger partial charge < -0.3 is 9.73 Å². The third-order valence-electron chi connectivity index (χ3n) is 3.30. The van der Waals surface area contributed by atoms with Gasteiger partial charge in [-0.2, -0.15) is 0 Å². The van der Waals surface area contributed by atoms with Gasteiger partial charge in [-0.1, -0.05) is 0 Å². The van der Waals surface area contributed by atoms with Crippen LogP contribution < -0.4 is 10.0 Å². The smallest absolute Gasteiger partial charge is 0.273 e. The Bertz CT molecular complexity index is 663. The topological polar surface area (TPSA) is 105 Å². The molecule has 1 atom stereocenters. The number of furan rings is 1. The molecule has 0 amide bonds. The van der Waals surface area contributed by atoms with Crippen molar-refractivity contribution in [1.82, 2.24) is 10.0 Å². The standard InChI is InChI=1S/C11H18N2O5S2/c1-12-20(16,17)11-5-4-9(18-11)7-13-8-10-3-2-6-19(10,14)15/h4-5,10,12-13H,2-3,6-8H2,1H3. The molecule has 1 aromatic heterocycles. The van der Waals surface area contributed by atoms with E-state index in [0.29, 0.717) is 31.7 Å². The van der Waals surface area contributed by atoms with Crippen LogP contribution >= 0.6 is 0 Å². The zero-order valence-corrected chi connectivity index (χ0v) is 12.8. The van der Waals surface area contributed by atoms with E-state index >= 15 is 0 Å². The lowest BCUT2D eigenvalue weighted by molar-refractivity contribution is 0.400. The summed E-state index contributed by atoms with van der Waals surface area (Å²) in [4.78, 5) is 0. The number of sulfone groups is 1. The Morgan fingerprint density at radius 3 is 2.75 bits per heavy atom. The van der Waals surface area contributed by atoms with Crippen LogP contribution in [0.15, 0.2) is 21.6 Å². The molecule has 0 bridgehead atoms. The van der Waals surface area contributed by atoms with E-state index in [-0.39, 0.29) is 16.1 Å². The Balaban J connectivity index is 1.90. The maximum absolute atomic E-state index is 11.6. The van der Waals surface area contributed by atoms with Crippen LogP contribution in [0.5, 0.6) is 0 Å². The first kappa shape index (κ1) is 15.5. The molecule has 0 radical (unpaired) electrons. The van der Waals surface area contributed by atoms with E-state index in [0.717, 1.165) is 0 Å². The maximum Gasteiger partial charge on any atom is 0.273 e. The Morgan fingerprint density at radius 2 is 2.15 bits per heavy atom. The van der Waals surface area contributed by atoms with Crippen LogP contribution in [0.4, 0.5) is 0 Å². The average Bonchev–Trinajstić information content (AvgIpc) is 2.97. The maximum atomic E-state index is 11.6. The zero-order chi connectivity index (χ0) is 14.8. The normalized spacial score (nSPS) is 22.1. The SMILES string of the molecule is CNS(=O)(=O)c1ccc(CNCC2CCCS2(=O)=O)o1. The highest BCUT2D eigenvalue weighted by Gasteiger charge is 2.30. The summed E-state index contributed by atoms with van der Waals surface area (Å²) in [6.45, 7) is 0.655. The van der Waals surface area contributed by atoms with Crippen LogP contribution in [0.25, 0.3) is 0 Å². The minimum atomic E-state index is -3.58. The summed E-state index contributed by atoms with van der Waals surface area (Å²) in [5.41, 5.74) is 0. The second-order valence-corrected chi connectivity index (χ2v) is 8.91. The average molecular weight is 322 g/mol. The van der Waals surface area contributed by atoms with Gasteiger partial charge in [0.25, 0.3) is 10.0 Å². The van der Waals surface area contributed by atoms with Gasteiger partial charge in [-0.3, -0.25) is 0 Å². The van der Waals surface area contributed by atoms with Crippen molar-refractivity contribution in [2.75, 3.05) is 19.3 Å². The molecule has 1 unspecified atom stereocenters. The van der Waals surface area contributed by atoms with E-state index in [1.54, 1.807) is 6.07 Å². The van der Waals surface area contributed by atoms with E-state index in [9.17, 15) is 16.8 Å². The number of hydrogen-bond acceptors (Lipinski definition) is 6. The van der Waals surface area contributed by atoms with Crippen molar-refractivity contribution < 1.29 is 21.3 Å². The largest absolute Gasteiger partial charge is 0.447 e. The third kappa shape index (κ3) is 3.40. The molecule has 7 nitrogen and oxygen atoms in total. The predicted octanol–water partition coefficient (Wildman–Crippen LogP) is -0.145. The Hall–Kier alpha value is -0.900. The third-order valence-corrected chi connectivity index (χ3v) is 6.87. The molecule has 0 aromatic carbocycles. The number of hydrogen-bond donors (Lipinski definition) is 2. The van der Waals surface area contributed by atoms with E-state index in [4.69, 9.17) is 4.42 Å². The van der Waals surface area contributed by atoms with Gasteiger partial charge in [-0.15, -0.1) is 0 Å². The molecule has 0 spiro atoms. The molecule has 0 saturated carbocycles. The molecular formula is C11H18N2O5S2. The fourth-order valence-electron chi connectivity index (χ4n) is 2.14. The lowest BCUT2D eigenvalue weighted by Crippen LogP contribution is -2.30. The second kappa shape index (κ2) is 5.84. The highest BCUT2D eigenvalue weighted by atomic mass is 32.2. The van der Waals surface area contributed by atoms with Crippen LogP contribution in [0.3, 0.4) is 0 Å². The van der Waals surface area contributed by atoms with E-state index < -0.39 is 19.9 Å². The van der Waals surface area contributed by atoms with Crippen LogP contribution in [0.2, 0.25) is 0 Å². The highest BCUT2D eigenvalue weighted by Crippen LogP contribution is 2.19. The quantitative estimate of drug-likeness (QED) is 0.755. The van der Waals surface area contributed by atoms with Crippen molar-refractivity contribution in [3.63, 3.8) is 0 Å². The van der Waals surface area contributed by atoms with Gasteiger partial charge in [-0.25, -0.2) is 21.6 Å². The lowest BCUT2D eigenvalue weighted by Gasteiger charge is -2.09. The fraction of sp³-hybridized carbons (Fsp3) is 0.636. The molecule has 2 N–H and O–H groups in total. The summed E-state index contributed by atoms with van der Waals surface area (Å²) < 4.78 is 53.6. The first-order valence-corrected chi connectivity index (χ1v) is 9.49. The molecule has 9 heteroatoms. The molecule has 2 rings (SSSR count). The first-order valence-electron chi connectivity index (χ1n) is 6.30. The molecule has 20 heavy (non-hydrogen) atoms. The number of rotatable bonds is 6. The van der Waals surface area contributed by atoms with Gasteiger partial charge in [0, 0.05) is 6.54 Å². The van der Waals surface area contributed by atoms with Crippen LogP contribution in [0.1, 0.15) is 18.6 Å². The van der Waals surface area contributed by atoms with Gasteiger partial charge in [-0.05, 0) is 32.0 Å². The van der Waals surface area contributed by atoms with Crippen LogP contribution in [-0.2, 0) is 26.4 Å². The summed E-state index contributed by atoms with van der Waals surface area (Å²) in [6, 6.07) is 2.93. The fourth-order valence-corrected chi connectivity index (χ4v) is 4.61. The lowest BCUT2D eigenvalue weighted by atomic mass is 10.2.